The van der Waals surface area contributed by atoms with Gasteiger partial charge in [-0.25, -0.2) is 9.97 Å². The van der Waals surface area contributed by atoms with Crippen LogP contribution in [-0.4, -0.2) is 33.7 Å². The molecule has 0 saturated heterocycles. The van der Waals surface area contributed by atoms with E-state index in [1.165, 1.54) is 6.39 Å². The van der Waals surface area contributed by atoms with Gasteiger partial charge in [-0.3, -0.25) is 0 Å². The van der Waals surface area contributed by atoms with E-state index in [0.29, 0.717) is 18.8 Å². The lowest BCUT2D eigenvalue weighted by atomic mass is 9.95. The highest BCUT2D eigenvalue weighted by molar-refractivity contribution is 5.57. The first-order valence-corrected chi connectivity index (χ1v) is 6.98. The van der Waals surface area contributed by atoms with E-state index in [0.717, 1.165) is 23.0 Å². The molecule has 0 saturated carbocycles. The van der Waals surface area contributed by atoms with Gasteiger partial charge in [-0.2, -0.15) is 4.98 Å². The Morgan fingerprint density at radius 2 is 1.90 bits per heavy atom. The summed E-state index contributed by atoms with van der Waals surface area (Å²) in [6.07, 6.45) is 2.02. The topological polar surface area (TPSA) is 88.8 Å². The molecule has 21 heavy (non-hydrogen) atoms. The number of nitrogens with one attached hydrogen (secondary N) is 2. The Morgan fingerprint density at radius 1 is 1.19 bits per heavy atom. The maximum absolute atomic E-state index is 4.72. The van der Waals surface area contributed by atoms with Gasteiger partial charge in [0.15, 0.2) is 5.82 Å². The largest absolute Gasteiger partial charge is 0.373 e. The molecule has 0 atom stereocenters. The minimum absolute atomic E-state index is 0.108. The highest BCUT2D eigenvalue weighted by atomic mass is 16.5. The Labute approximate surface area is 124 Å². The Kier molecular flexibility index (Phi) is 4.40. The Morgan fingerprint density at radius 3 is 2.48 bits per heavy atom. The molecule has 7 nitrogen and oxygen atoms in total. The molecule has 0 fully saturated rings. The van der Waals surface area contributed by atoms with Crippen molar-refractivity contribution in [2.75, 3.05) is 24.2 Å². The standard InChI is InChI=1S/C14H22N6O/c1-9-11(15-5)18-13(14(2,3)4)19-12(9)16-7-6-10-17-8-21-20-10/h8H,6-7H2,1-5H3,(H2,15,16,18,19). The first-order chi connectivity index (χ1) is 9.91. The fraction of sp³-hybridized carbons (Fsp3) is 0.571. The lowest BCUT2D eigenvalue weighted by Crippen LogP contribution is -2.20. The molecule has 0 aromatic carbocycles. The first kappa shape index (κ1) is 15.2. The van der Waals surface area contributed by atoms with E-state index < -0.39 is 0 Å². The van der Waals surface area contributed by atoms with Gasteiger partial charge in [0, 0.05) is 31.0 Å². The number of aromatic nitrogens is 4. The average Bonchev–Trinajstić information content (AvgIpc) is 2.92. The molecule has 0 bridgehead atoms. The summed E-state index contributed by atoms with van der Waals surface area (Å²) >= 11 is 0. The maximum Gasteiger partial charge on any atom is 0.213 e. The van der Waals surface area contributed by atoms with Gasteiger partial charge in [-0.1, -0.05) is 25.9 Å². The fourth-order valence-electron chi connectivity index (χ4n) is 1.86. The molecule has 2 heterocycles. The molecule has 0 aliphatic carbocycles. The molecule has 2 N–H and O–H groups in total. The SMILES string of the molecule is CNc1nc(C(C)(C)C)nc(NCCc2ncon2)c1C. The quantitative estimate of drug-likeness (QED) is 0.872. The second-order valence-corrected chi connectivity index (χ2v) is 5.89. The van der Waals surface area contributed by atoms with Crippen molar-refractivity contribution in [2.45, 2.75) is 39.5 Å². The van der Waals surface area contributed by atoms with Crippen LogP contribution < -0.4 is 10.6 Å². The zero-order chi connectivity index (χ0) is 15.5. The fourth-order valence-corrected chi connectivity index (χ4v) is 1.86. The predicted octanol–water partition coefficient (Wildman–Crippen LogP) is 2.16. The molecule has 0 amide bonds. The molecule has 114 valence electrons. The van der Waals surface area contributed by atoms with Crippen LogP contribution in [0, 0.1) is 6.92 Å². The Hall–Kier alpha value is -2.18. The maximum atomic E-state index is 4.72. The molecular weight excluding hydrogens is 268 g/mol. The van der Waals surface area contributed by atoms with Crippen LogP contribution in [-0.2, 0) is 11.8 Å². The number of hydrogen-bond acceptors (Lipinski definition) is 7. The third kappa shape index (κ3) is 3.68. The molecule has 0 radical (unpaired) electrons. The van der Waals surface area contributed by atoms with Crippen molar-refractivity contribution in [2.24, 2.45) is 0 Å². The summed E-state index contributed by atoms with van der Waals surface area (Å²) in [6.45, 7) is 8.97. The van der Waals surface area contributed by atoms with E-state index in [1.807, 2.05) is 14.0 Å². The third-order valence-corrected chi connectivity index (χ3v) is 3.10. The lowest BCUT2D eigenvalue weighted by molar-refractivity contribution is 0.410. The van der Waals surface area contributed by atoms with Gasteiger partial charge in [-0.15, -0.1) is 0 Å². The Bertz CT molecular complexity index is 588. The summed E-state index contributed by atoms with van der Waals surface area (Å²) in [6, 6.07) is 0. The van der Waals surface area contributed by atoms with Gasteiger partial charge in [-0.05, 0) is 6.92 Å². The van der Waals surface area contributed by atoms with Crippen molar-refractivity contribution in [3.05, 3.63) is 23.6 Å². The van der Waals surface area contributed by atoms with Crippen molar-refractivity contribution < 1.29 is 4.52 Å². The number of anilines is 2. The molecule has 7 heteroatoms. The van der Waals surface area contributed by atoms with Crippen LogP contribution in [0.5, 0.6) is 0 Å². The zero-order valence-corrected chi connectivity index (χ0v) is 13.2. The van der Waals surface area contributed by atoms with Crippen LogP contribution in [0.1, 0.15) is 38.0 Å². The molecule has 0 unspecified atom stereocenters. The zero-order valence-electron chi connectivity index (χ0n) is 13.2. The summed E-state index contributed by atoms with van der Waals surface area (Å²) in [7, 11) is 1.87. The molecule has 0 spiro atoms. The second-order valence-electron chi connectivity index (χ2n) is 5.89. The van der Waals surface area contributed by atoms with Crippen LogP contribution in [0.15, 0.2) is 10.9 Å². The van der Waals surface area contributed by atoms with E-state index >= 15 is 0 Å². The lowest BCUT2D eigenvalue weighted by Gasteiger charge is -2.20. The van der Waals surface area contributed by atoms with Crippen LogP contribution in [0.4, 0.5) is 11.6 Å². The normalized spacial score (nSPS) is 11.5. The first-order valence-electron chi connectivity index (χ1n) is 6.98. The summed E-state index contributed by atoms with van der Waals surface area (Å²) in [4.78, 5) is 13.2. The third-order valence-electron chi connectivity index (χ3n) is 3.10. The number of nitrogens with zero attached hydrogens (tertiary/aromatic N) is 4. The number of rotatable bonds is 5. The summed E-state index contributed by atoms with van der Waals surface area (Å²) in [5, 5.41) is 10.2. The average molecular weight is 290 g/mol. The second kappa shape index (κ2) is 6.07. The molecule has 0 aliphatic rings. The van der Waals surface area contributed by atoms with E-state index in [9.17, 15) is 0 Å². The molecule has 0 aliphatic heterocycles. The van der Waals surface area contributed by atoms with Gasteiger partial charge in [0.2, 0.25) is 6.39 Å². The van der Waals surface area contributed by atoms with Gasteiger partial charge in [0.1, 0.15) is 17.5 Å². The summed E-state index contributed by atoms with van der Waals surface area (Å²) in [5.74, 6) is 3.17. The number of hydrogen-bond donors (Lipinski definition) is 2. The van der Waals surface area contributed by atoms with Crippen LogP contribution in [0.25, 0.3) is 0 Å². The van der Waals surface area contributed by atoms with Crippen molar-refractivity contribution in [3.8, 4) is 0 Å². The minimum atomic E-state index is -0.108. The highest BCUT2D eigenvalue weighted by Gasteiger charge is 2.20. The monoisotopic (exact) mass is 290 g/mol. The molecule has 2 aromatic heterocycles. The van der Waals surface area contributed by atoms with Crippen LogP contribution in [0.2, 0.25) is 0 Å². The van der Waals surface area contributed by atoms with Crippen molar-refractivity contribution in [3.63, 3.8) is 0 Å². The van der Waals surface area contributed by atoms with Gasteiger partial charge < -0.3 is 15.2 Å². The van der Waals surface area contributed by atoms with E-state index in [-0.39, 0.29) is 5.41 Å². The molecule has 2 rings (SSSR count). The van der Waals surface area contributed by atoms with E-state index in [1.54, 1.807) is 0 Å². The Balaban J connectivity index is 2.17. The van der Waals surface area contributed by atoms with Gasteiger partial charge in [0.25, 0.3) is 0 Å². The molecule has 2 aromatic rings. The van der Waals surface area contributed by atoms with Crippen LogP contribution in [0.3, 0.4) is 0 Å². The van der Waals surface area contributed by atoms with Gasteiger partial charge in [0.05, 0.1) is 0 Å². The predicted molar refractivity (Wildman–Crippen MR) is 81.5 cm³/mol. The summed E-state index contributed by atoms with van der Waals surface area (Å²) in [5.41, 5.74) is 0.891. The van der Waals surface area contributed by atoms with Gasteiger partial charge >= 0.3 is 0 Å². The van der Waals surface area contributed by atoms with E-state index in [4.69, 9.17) is 4.52 Å². The minimum Gasteiger partial charge on any atom is -0.373 e. The van der Waals surface area contributed by atoms with Crippen LogP contribution >= 0.6 is 0 Å². The summed E-state index contributed by atoms with van der Waals surface area (Å²) < 4.78 is 4.72. The highest BCUT2D eigenvalue weighted by Crippen LogP contribution is 2.25. The van der Waals surface area contributed by atoms with Crippen molar-refractivity contribution in [1.82, 2.24) is 20.1 Å². The van der Waals surface area contributed by atoms with E-state index in [2.05, 4.69) is 51.5 Å². The smallest absolute Gasteiger partial charge is 0.213 e. The van der Waals surface area contributed by atoms with Crippen molar-refractivity contribution in [1.29, 1.82) is 0 Å². The molecular formula is C14H22N6O. The van der Waals surface area contributed by atoms with Crippen molar-refractivity contribution >= 4 is 11.6 Å².